The van der Waals surface area contributed by atoms with Gasteiger partial charge in [0.1, 0.15) is 0 Å². The van der Waals surface area contributed by atoms with Gasteiger partial charge in [-0.15, -0.1) is 0 Å². The predicted octanol–water partition coefficient (Wildman–Crippen LogP) is 3.71. The zero-order chi connectivity index (χ0) is 13.8. The van der Waals surface area contributed by atoms with Crippen LogP contribution in [-0.4, -0.2) is 30.6 Å². The van der Waals surface area contributed by atoms with Gasteiger partial charge in [0.05, 0.1) is 0 Å². The maximum absolute atomic E-state index is 3.84. The van der Waals surface area contributed by atoms with Crippen molar-refractivity contribution in [3.63, 3.8) is 0 Å². The van der Waals surface area contributed by atoms with Crippen LogP contribution in [0, 0.1) is 11.8 Å². The van der Waals surface area contributed by atoms with E-state index in [1.807, 2.05) is 0 Å². The second-order valence-corrected chi connectivity index (χ2v) is 7.07. The van der Waals surface area contributed by atoms with Crippen molar-refractivity contribution in [1.29, 1.82) is 0 Å². The molecule has 1 atom stereocenters. The molecule has 3 rings (SSSR count). The maximum atomic E-state index is 3.84. The van der Waals surface area contributed by atoms with E-state index in [0.29, 0.717) is 6.04 Å². The predicted molar refractivity (Wildman–Crippen MR) is 85.6 cm³/mol. The minimum atomic E-state index is 0.713. The number of nitrogens with one attached hydrogen (secondary N) is 1. The van der Waals surface area contributed by atoms with Gasteiger partial charge in [0.15, 0.2) is 0 Å². The molecule has 2 aliphatic carbocycles. The van der Waals surface area contributed by atoms with E-state index in [0.717, 1.165) is 11.8 Å². The lowest BCUT2D eigenvalue weighted by molar-refractivity contribution is 0.273. The Bertz CT molecular complexity index is 364. The van der Waals surface area contributed by atoms with Gasteiger partial charge in [-0.1, -0.05) is 31.9 Å². The van der Waals surface area contributed by atoms with Crippen molar-refractivity contribution in [2.75, 3.05) is 19.6 Å². The molecule has 0 bridgehead atoms. The molecular weight excluding hydrogens is 244 g/mol. The van der Waals surface area contributed by atoms with Gasteiger partial charge in [0, 0.05) is 24.8 Å². The van der Waals surface area contributed by atoms with E-state index < -0.39 is 0 Å². The molecule has 0 aromatic heterocycles. The van der Waals surface area contributed by atoms with Crippen LogP contribution in [0.4, 0.5) is 0 Å². The summed E-state index contributed by atoms with van der Waals surface area (Å²) in [6, 6.07) is 0.713. The van der Waals surface area contributed by atoms with Crippen LogP contribution >= 0.6 is 0 Å². The molecule has 1 unspecified atom stereocenters. The highest BCUT2D eigenvalue weighted by atomic mass is 15.2. The Morgan fingerprint density at radius 3 is 2.75 bits per heavy atom. The summed E-state index contributed by atoms with van der Waals surface area (Å²) in [6.45, 7) is 6.10. The van der Waals surface area contributed by atoms with Crippen molar-refractivity contribution >= 4 is 0 Å². The Morgan fingerprint density at radius 2 is 2.00 bits per heavy atom. The van der Waals surface area contributed by atoms with Crippen LogP contribution < -0.4 is 5.32 Å². The summed E-state index contributed by atoms with van der Waals surface area (Å²) in [5.41, 5.74) is 1.46. The van der Waals surface area contributed by atoms with E-state index in [1.165, 1.54) is 70.3 Å². The molecule has 20 heavy (non-hydrogen) atoms. The van der Waals surface area contributed by atoms with Crippen LogP contribution in [0.2, 0.25) is 0 Å². The molecule has 3 aliphatic rings. The minimum absolute atomic E-state index is 0.713. The highest BCUT2D eigenvalue weighted by Crippen LogP contribution is 2.28. The molecule has 112 valence electrons. The number of nitrogens with zero attached hydrogens (tertiary/aromatic N) is 1. The molecule has 0 aromatic carbocycles. The van der Waals surface area contributed by atoms with Gasteiger partial charge in [0.25, 0.3) is 0 Å². The van der Waals surface area contributed by atoms with Crippen LogP contribution in [0.15, 0.2) is 23.9 Å². The summed E-state index contributed by atoms with van der Waals surface area (Å²) >= 11 is 0. The summed E-state index contributed by atoms with van der Waals surface area (Å²) in [7, 11) is 0. The highest BCUT2D eigenvalue weighted by molar-refractivity contribution is 5.22. The molecule has 0 radical (unpaired) electrons. The molecule has 1 aliphatic heterocycles. The average molecular weight is 274 g/mol. The van der Waals surface area contributed by atoms with Crippen LogP contribution in [0.1, 0.15) is 51.9 Å². The highest BCUT2D eigenvalue weighted by Gasteiger charge is 2.25. The normalized spacial score (nSPS) is 34.4. The zero-order valence-corrected chi connectivity index (χ0v) is 13.0. The smallest absolute Gasteiger partial charge is 0.0332 e. The zero-order valence-electron chi connectivity index (χ0n) is 13.0. The second-order valence-electron chi connectivity index (χ2n) is 7.07. The van der Waals surface area contributed by atoms with Crippen molar-refractivity contribution in [3.8, 4) is 0 Å². The lowest BCUT2D eigenvalue weighted by Gasteiger charge is -2.27. The third kappa shape index (κ3) is 3.66. The van der Waals surface area contributed by atoms with E-state index in [4.69, 9.17) is 0 Å². The maximum Gasteiger partial charge on any atom is 0.0332 e. The largest absolute Gasteiger partial charge is 0.370 e. The molecule has 2 nitrogen and oxygen atoms in total. The van der Waals surface area contributed by atoms with Crippen molar-refractivity contribution in [3.05, 3.63) is 23.9 Å². The van der Waals surface area contributed by atoms with Crippen molar-refractivity contribution in [1.82, 2.24) is 10.2 Å². The summed E-state index contributed by atoms with van der Waals surface area (Å²) < 4.78 is 0. The Hall–Kier alpha value is -0.760. The molecule has 0 spiro atoms. The fourth-order valence-electron chi connectivity index (χ4n) is 3.86. The second kappa shape index (κ2) is 6.80. The van der Waals surface area contributed by atoms with Gasteiger partial charge in [-0.3, -0.25) is 0 Å². The Labute approximate surface area is 124 Å². The SMILES string of the molecule is CC1CCC(CNC2CCN(C3=CCCC=C3)C2)CC1. The quantitative estimate of drug-likeness (QED) is 0.840. The number of allylic oxidation sites excluding steroid dienone is 3. The fraction of sp³-hybridized carbons (Fsp3) is 0.778. The van der Waals surface area contributed by atoms with Crippen LogP contribution in [0.5, 0.6) is 0 Å². The van der Waals surface area contributed by atoms with Gasteiger partial charge < -0.3 is 10.2 Å². The first-order chi connectivity index (χ1) is 9.81. The van der Waals surface area contributed by atoms with E-state index in [-0.39, 0.29) is 0 Å². The van der Waals surface area contributed by atoms with Crippen molar-refractivity contribution in [2.45, 2.75) is 57.9 Å². The standard InChI is InChI=1S/C18H30N2/c1-15-7-9-16(10-8-15)13-19-17-11-12-20(14-17)18-5-3-2-4-6-18/h3,5-6,15-17,19H,2,4,7-14H2,1H3. The summed E-state index contributed by atoms with van der Waals surface area (Å²) in [5.74, 6) is 1.91. The molecule has 1 saturated heterocycles. The Morgan fingerprint density at radius 1 is 1.15 bits per heavy atom. The number of hydrogen-bond donors (Lipinski definition) is 1. The summed E-state index contributed by atoms with van der Waals surface area (Å²) in [4.78, 5) is 2.57. The molecule has 1 saturated carbocycles. The van der Waals surface area contributed by atoms with Gasteiger partial charge in [-0.25, -0.2) is 0 Å². The van der Waals surface area contributed by atoms with Crippen molar-refractivity contribution in [2.24, 2.45) is 11.8 Å². The monoisotopic (exact) mass is 274 g/mol. The fourth-order valence-corrected chi connectivity index (χ4v) is 3.86. The first kappa shape index (κ1) is 14.2. The van der Waals surface area contributed by atoms with Crippen LogP contribution in [0.25, 0.3) is 0 Å². The Kier molecular flexibility index (Phi) is 4.82. The lowest BCUT2D eigenvalue weighted by atomic mass is 9.83. The molecule has 2 heteroatoms. The van der Waals surface area contributed by atoms with E-state index in [2.05, 4.69) is 35.4 Å². The van der Waals surface area contributed by atoms with E-state index in [1.54, 1.807) is 0 Å². The van der Waals surface area contributed by atoms with Gasteiger partial charge in [0.2, 0.25) is 0 Å². The third-order valence-corrected chi connectivity index (χ3v) is 5.36. The van der Waals surface area contributed by atoms with E-state index >= 15 is 0 Å². The first-order valence-corrected chi connectivity index (χ1v) is 8.66. The van der Waals surface area contributed by atoms with Gasteiger partial charge >= 0.3 is 0 Å². The number of hydrogen-bond acceptors (Lipinski definition) is 2. The Balaban J connectivity index is 1.39. The summed E-state index contributed by atoms with van der Waals surface area (Å²) in [6.07, 6.45) is 16.6. The number of rotatable bonds is 4. The van der Waals surface area contributed by atoms with E-state index in [9.17, 15) is 0 Å². The number of likely N-dealkylation sites (tertiary alicyclic amines) is 1. The van der Waals surface area contributed by atoms with Gasteiger partial charge in [-0.2, -0.15) is 0 Å². The molecule has 0 aromatic rings. The van der Waals surface area contributed by atoms with Crippen LogP contribution in [0.3, 0.4) is 0 Å². The molecule has 2 fully saturated rings. The molecule has 0 amide bonds. The lowest BCUT2D eigenvalue weighted by Crippen LogP contribution is -2.36. The van der Waals surface area contributed by atoms with Crippen molar-refractivity contribution < 1.29 is 0 Å². The molecule has 1 N–H and O–H groups in total. The summed E-state index contributed by atoms with van der Waals surface area (Å²) in [5, 5.41) is 3.84. The minimum Gasteiger partial charge on any atom is -0.370 e. The van der Waals surface area contributed by atoms with Gasteiger partial charge in [-0.05, 0) is 56.6 Å². The topological polar surface area (TPSA) is 15.3 Å². The first-order valence-electron chi connectivity index (χ1n) is 8.66. The molecule has 1 heterocycles. The third-order valence-electron chi connectivity index (χ3n) is 5.36. The average Bonchev–Trinajstić information content (AvgIpc) is 2.97. The molecular formula is C18H30N2. The van der Waals surface area contributed by atoms with Crippen LogP contribution in [-0.2, 0) is 0 Å².